The molecule has 0 aliphatic carbocycles. The van der Waals surface area contributed by atoms with E-state index in [-0.39, 0.29) is 22.6 Å². The number of benzene rings is 3. The van der Waals surface area contributed by atoms with Crippen molar-refractivity contribution in [3.63, 3.8) is 0 Å². The molecule has 0 atom stereocenters. The number of hydrogen-bond acceptors (Lipinski definition) is 5. The molecule has 0 radical (unpaired) electrons. The van der Waals surface area contributed by atoms with Gasteiger partial charge in [0, 0.05) is 36.5 Å². The predicted molar refractivity (Wildman–Crippen MR) is 134 cm³/mol. The monoisotopic (exact) mass is 495 g/mol. The summed E-state index contributed by atoms with van der Waals surface area (Å²) in [4.78, 5) is 27.8. The van der Waals surface area contributed by atoms with Gasteiger partial charge in [-0.3, -0.25) is 9.59 Å². The Morgan fingerprint density at radius 3 is 2.29 bits per heavy atom. The van der Waals surface area contributed by atoms with E-state index >= 15 is 0 Å². The number of nitrogens with zero attached hydrogens (tertiary/aromatic N) is 1. The van der Waals surface area contributed by atoms with Crippen LogP contribution in [0.3, 0.4) is 0 Å². The molecule has 1 fully saturated rings. The lowest BCUT2D eigenvalue weighted by molar-refractivity contribution is -0.126. The van der Waals surface area contributed by atoms with Crippen molar-refractivity contribution < 1.29 is 22.7 Å². The van der Waals surface area contributed by atoms with Crippen molar-refractivity contribution >= 4 is 32.6 Å². The standard InChI is InChI=1S/C26H29N3O5S/c1-34-24-11-10-23(21-4-2-3-5-22(21)24)26(31)29-16-13-19(14-17-29)25(30)28-15-12-18-6-8-20(9-7-18)35(27,32)33/h2-11,19H,12-17H2,1H3,(H,28,30)(H2,27,32,33). The Kier molecular flexibility index (Phi) is 7.37. The Morgan fingerprint density at radius 2 is 1.66 bits per heavy atom. The van der Waals surface area contributed by atoms with Gasteiger partial charge in [-0.25, -0.2) is 13.6 Å². The molecule has 1 saturated heterocycles. The van der Waals surface area contributed by atoms with Gasteiger partial charge in [-0.05, 0) is 54.5 Å². The molecule has 35 heavy (non-hydrogen) atoms. The summed E-state index contributed by atoms with van der Waals surface area (Å²) in [6.45, 7) is 1.49. The van der Waals surface area contributed by atoms with Crippen LogP contribution in [0.5, 0.6) is 5.75 Å². The number of piperidine rings is 1. The molecular weight excluding hydrogens is 466 g/mol. The summed E-state index contributed by atoms with van der Waals surface area (Å²) in [6.07, 6.45) is 1.79. The highest BCUT2D eigenvalue weighted by Crippen LogP contribution is 2.30. The van der Waals surface area contributed by atoms with Gasteiger partial charge in [-0.15, -0.1) is 0 Å². The Morgan fingerprint density at radius 1 is 1.00 bits per heavy atom. The van der Waals surface area contributed by atoms with E-state index in [4.69, 9.17) is 9.88 Å². The third-order valence-electron chi connectivity index (χ3n) is 6.45. The van der Waals surface area contributed by atoms with Crippen molar-refractivity contribution in [3.8, 4) is 5.75 Å². The second-order valence-electron chi connectivity index (χ2n) is 8.66. The summed E-state index contributed by atoms with van der Waals surface area (Å²) in [5.74, 6) is 0.531. The molecule has 0 saturated carbocycles. The molecule has 1 heterocycles. The fourth-order valence-electron chi connectivity index (χ4n) is 4.47. The van der Waals surface area contributed by atoms with Gasteiger partial charge in [0.25, 0.3) is 5.91 Å². The van der Waals surface area contributed by atoms with E-state index in [0.29, 0.717) is 44.5 Å². The average Bonchev–Trinajstić information content (AvgIpc) is 2.87. The van der Waals surface area contributed by atoms with Crippen LogP contribution in [-0.2, 0) is 21.2 Å². The zero-order valence-electron chi connectivity index (χ0n) is 19.6. The number of sulfonamides is 1. The van der Waals surface area contributed by atoms with Gasteiger partial charge < -0.3 is 15.0 Å². The molecule has 0 spiro atoms. The van der Waals surface area contributed by atoms with Gasteiger partial charge >= 0.3 is 0 Å². The van der Waals surface area contributed by atoms with Crippen LogP contribution in [-0.4, -0.2) is 51.9 Å². The number of carbonyl (C=O) groups is 2. The van der Waals surface area contributed by atoms with Crippen LogP contribution >= 0.6 is 0 Å². The minimum Gasteiger partial charge on any atom is -0.496 e. The number of nitrogens with two attached hydrogens (primary N) is 1. The Balaban J connectivity index is 1.30. The van der Waals surface area contributed by atoms with Gasteiger partial charge in [-0.1, -0.05) is 36.4 Å². The van der Waals surface area contributed by atoms with Crippen molar-refractivity contribution in [2.45, 2.75) is 24.2 Å². The maximum atomic E-state index is 13.2. The van der Waals surface area contributed by atoms with Crippen LogP contribution < -0.4 is 15.2 Å². The number of primary sulfonamides is 1. The quantitative estimate of drug-likeness (QED) is 0.522. The first-order chi connectivity index (χ1) is 16.8. The van der Waals surface area contributed by atoms with Crippen LogP contribution in [0.1, 0.15) is 28.8 Å². The fourth-order valence-corrected chi connectivity index (χ4v) is 4.99. The number of rotatable bonds is 7. The largest absolute Gasteiger partial charge is 0.496 e. The Bertz CT molecular complexity index is 1330. The molecule has 3 aromatic rings. The average molecular weight is 496 g/mol. The first kappa shape index (κ1) is 24.7. The zero-order valence-corrected chi connectivity index (χ0v) is 20.4. The van der Waals surface area contributed by atoms with Gasteiger partial charge in [0.2, 0.25) is 15.9 Å². The smallest absolute Gasteiger partial charge is 0.254 e. The number of likely N-dealkylation sites (tertiary alicyclic amines) is 1. The lowest BCUT2D eigenvalue weighted by Gasteiger charge is -2.31. The molecule has 0 unspecified atom stereocenters. The normalized spacial score (nSPS) is 14.6. The summed E-state index contributed by atoms with van der Waals surface area (Å²) in [7, 11) is -2.10. The van der Waals surface area contributed by atoms with Crippen LogP contribution in [0.25, 0.3) is 10.8 Å². The van der Waals surface area contributed by atoms with Crippen molar-refractivity contribution in [2.24, 2.45) is 11.1 Å². The van der Waals surface area contributed by atoms with Gasteiger partial charge in [0.05, 0.1) is 12.0 Å². The molecule has 0 bridgehead atoms. The summed E-state index contributed by atoms with van der Waals surface area (Å²) in [5.41, 5.74) is 1.54. The van der Waals surface area contributed by atoms with Crippen molar-refractivity contribution in [2.75, 3.05) is 26.7 Å². The lowest BCUT2D eigenvalue weighted by Crippen LogP contribution is -2.43. The minimum absolute atomic E-state index is 0.0202. The molecule has 2 amide bonds. The third kappa shape index (κ3) is 5.63. The van der Waals surface area contributed by atoms with Gasteiger partial charge in [0.15, 0.2) is 0 Å². The maximum Gasteiger partial charge on any atom is 0.254 e. The van der Waals surface area contributed by atoms with E-state index in [1.807, 2.05) is 35.2 Å². The van der Waals surface area contributed by atoms with Gasteiger partial charge in [-0.2, -0.15) is 0 Å². The number of ether oxygens (including phenoxy) is 1. The first-order valence-corrected chi connectivity index (χ1v) is 13.1. The molecule has 0 aromatic heterocycles. The lowest BCUT2D eigenvalue weighted by atomic mass is 9.94. The number of fused-ring (bicyclic) bond motifs is 1. The fraction of sp³-hybridized carbons (Fsp3) is 0.308. The second-order valence-corrected chi connectivity index (χ2v) is 10.2. The molecular formula is C26H29N3O5S. The topological polar surface area (TPSA) is 119 Å². The SMILES string of the molecule is COc1ccc(C(=O)N2CCC(C(=O)NCCc3ccc(S(N)(=O)=O)cc3)CC2)c2ccccc12. The molecule has 8 nitrogen and oxygen atoms in total. The van der Waals surface area contributed by atoms with E-state index in [9.17, 15) is 18.0 Å². The van der Waals surface area contributed by atoms with Crippen molar-refractivity contribution in [1.29, 1.82) is 0 Å². The Labute approximate surface area is 205 Å². The Hall–Kier alpha value is -3.43. The van der Waals surface area contributed by atoms with Gasteiger partial charge in [0.1, 0.15) is 5.75 Å². The number of methoxy groups -OCH3 is 1. The van der Waals surface area contributed by atoms with Crippen molar-refractivity contribution in [3.05, 3.63) is 71.8 Å². The molecule has 3 N–H and O–H groups in total. The first-order valence-electron chi connectivity index (χ1n) is 11.5. The number of nitrogens with one attached hydrogen (secondary N) is 1. The maximum absolute atomic E-state index is 13.2. The molecule has 184 valence electrons. The van der Waals surface area contributed by atoms with Crippen LogP contribution in [0, 0.1) is 5.92 Å². The highest BCUT2D eigenvalue weighted by Gasteiger charge is 2.28. The van der Waals surface area contributed by atoms with Crippen LogP contribution in [0.2, 0.25) is 0 Å². The summed E-state index contributed by atoms with van der Waals surface area (Å²) < 4.78 is 28.1. The van der Waals surface area contributed by atoms with E-state index in [1.54, 1.807) is 25.3 Å². The summed E-state index contributed by atoms with van der Waals surface area (Å²) in [5, 5.41) is 9.82. The highest BCUT2D eigenvalue weighted by atomic mass is 32.2. The molecule has 1 aliphatic rings. The molecule has 4 rings (SSSR count). The van der Waals surface area contributed by atoms with E-state index in [0.717, 1.165) is 22.1 Å². The molecule has 1 aliphatic heterocycles. The number of carbonyl (C=O) groups excluding carboxylic acids is 2. The summed E-state index contributed by atoms with van der Waals surface area (Å²) in [6, 6.07) is 17.6. The highest BCUT2D eigenvalue weighted by molar-refractivity contribution is 7.89. The molecule has 3 aromatic carbocycles. The van der Waals surface area contributed by atoms with Crippen LogP contribution in [0.15, 0.2) is 65.6 Å². The van der Waals surface area contributed by atoms with E-state index < -0.39 is 10.0 Å². The third-order valence-corrected chi connectivity index (χ3v) is 7.38. The minimum atomic E-state index is -3.71. The van der Waals surface area contributed by atoms with E-state index in [1.165, 1.54) is 12.1 Å². The van der Waals surface area contributed by atoms with E-state index in [2.05, 4.69) is 5.32 Å². The number of hydrogen-bond donors (Lipinski definition) is 2. The van der Waals surface area contributed by atoms with Crippen molar-refractivity contribution in [1.82, 2.24) is 10.2 Å². The summed E-state index contributed by atoms with van der Waals surface area (Å²) >= 11 is 0. The number of amides is 2. The second kappa shape index (κ2) is 10.5. The zero-order chi connectivity index (χ0) is 25.0. The van der Waals surface area contributed by atoms with Crippen LogP contribution in [0.4, 0.5) is 0 Å². The molecule has 9 heteroatoms. The predicted octanol–water partition coefficient (Wildman–Crippen LogP) is 2.71.